The van der Waals surface area contributed by atoms with E-state index in [4.69, 9.17) is 15.7 Å². The van der Waals surface area contributed by atoms with Crippen LogP contribution in [0.15, 0.2) is 252 Å². The average molecular weight is 1730 g/mol. The van der Waals surface area contributed by atoms with Crippen LogP contribution in [0.25, 0.3) is 89.3 Å². The molecular formula is C115H140N12O2+4. The lowest BCUT2D eigenvalue weighted by molar-refractivity contribution is -0.745. The van der Waals surface area contributed by atoms with Gasteiger partial charge in [-0.2, -0.15) is 0 Å². The zero-order valence-electron chi connectivity index (χ0n) is 88.5. The quantitative estimate of drug-likeness (QED) is 0.154. The zero-order valence-corrected chi connectivity index (χ0v) is 81.5. The molecule has 16 aromatic rings. The predicted molar refractivity (Wildman–Crippen MR) is 532 cm³/mol. The van der Waals surface area contributed by atoms with Gasteiger partial charge in [0.05, 0.1) is 35.0 Å². The maximum atomic E-state index is 9.34. The lowest BCUT2D eigenvalue weighted by Crippen LogP contribution is -2.51. The Bertz CT molecular complexity index is 7210. The number of para-hydroxylation sites is 4. The predicted octanol–water partition coefficient (Wildman–Crippen LogP) is 25.8. The molecule has 4 aliphatic heterocycles. The Labute approximate surface area is 777 Å². The number of aromatic nitrogens is 10. The molecule has 2 saturated heterocycles. The van der Waals surface area contributed by atoms with Crippen molar-refractivity contribution in [2.75, 3.05) is 9.80 Å². The summed E-state index contributed by atoms with van der Waals surface area (Å²) in [5, 5.41) is 3.87. The van der Waals surface area contributed by atoms with Crippen LogP contribution in [0.3, 0.4) is 0 Å². The number of rotatable bonds is 6. The summed E-state index contributed by atoms with van der Waals surface area (Å²) in [6, 6.07) is 73.6. The third kappa shape index (κ3) is 15.7. The molecule has 8 aromatic carbocycles. The van der Waals surface area contributed by atoms with Gasteiger partial charge in [0.2, 0.25) is 23.3 Å². The van der Waals surface area contributed by atoms with Crippen LogP contribution < -0.4 is 28.5 Å². The normalized spacial score (nSPS) is 20.6. The standard InChI is InChI=1S/C25H32N2O.C23H27N2.C22H28N2O.C17H23N2.C17H17N2.C11H13N2/c1-16-9-11-19-20-12-10-17(2)26-23(20)28-22(19)21(16)27-18(3)25(15-24(27,4)5)13-7-6-8-14-25;1-16-11-10-14-19-20(16)25-21(23(4,5)22(19,2)3)18(15-24(25)6)17-12-8-7-9-13-17;1-13-8-10-16-17-11-9-14(2)23-20(17)25-19(16)18(13)24-15(3)21(4,5)12-22(24,6)7;1-12-8-7-9-13-15(12)19-14(10-11-18(19)6)17(4,5)16(13,2)3;1-14-8-6-7-11-16(14)19-13-12-17(18(19)2)15-9-4-3-5-10-15;1-10-6-3-4-7-11(10)13-9-5-8-12(13)2/h9-12,18H,6-8,13-15H2,1-5H3;7-15H,1-6H3;8-11,15H,12H2,1-7H3;7-11H,1-6H3;3-13H,1-2H3;3-9H,1-2H3/q;+1;;3*+1/t18-;;15-;;;/m0.0.../s1/i15D2;;4D3,12D2;;;/tm;;15-,21?;;;. The van der Waals surface area contributed by atoms with E-state index < -0.39 is 42.1 Å². The van der Waals surface area contributed by atoms with E-state index in [2.05, 4.69) is 379 Å². The molecule has 8 aromatic heterocycles. The van der Waals surface area contributed by atoms with Gasteiger partial charge in [-0.25, -0.2) is 9.97 Å². The fourth-order valence-electron chi connectivity index (χ4n) is 21.7. The van der Waals surface area contributed by atoms with Crippen molar-refractivity contribution < 1.29 is 37.2 Å². The maximum absolute atomic E-state index is 9.34. The minimum atomic E-state index is -2.48. The molecule has 3 fully saturated rings. The first-order chi connectivity index (χ1) is 63.9. The van der Waals surface area contributed by atoms with E-state index in [-0.39, 0.29) is 33.1 Å². The second kappa shape index (κ2) is 33.9. The van der Waals surface area contributed by atoms with E-state index in [9.17, 15) is 2.74 Å². The van der Waals surface area contributed by atoms with Gasteiger partial charge in [0.15, 0.2) is 51.8 Å². The number of nitrogens with zero attached hydrogens (tertiary/aromatic N) is 12. The summed E-state index contributed by atoms with van der Waals surface area (Å²) in [7, 11) is 8.40. The fraction of sp³-hybridized carbons (Fsp3) is 0.391. The second-order valence-corrected chi connectivity index (χ2v) is 40.5. The number of fused-ring (bicyclic) bond motifs is 12. The Morgan fingerprint density at radius 3 is 1.37 bits per heavy atom. The Kier molecular flexibility index (Phi) is 21.4. The fourth-order valence-corrected chi connectivity index (χ4v) is 21.7. The van der Waals surface area contributed by atoms with Crippen molar-refractivity contribution in [3.63, 3.8) is 0 Å². The number of anilines is 2. The summed E-state index contributed by atoms with van der Waals surface area (Å²) in [6.07, 6.45) is 12.7. The Morgan fingerprint density at radius 1 is 0.395 bits per heavy atom. The number of hydrogen-bond donors (Lipinski definition) is 0. The summed E-state index contributed by atoms with van der Waals surface area (Å²) < 4.78 is 91.5. The summed E-state index contributed by atoms with van der Waals surface area (Å²) >= 11 is 0. The van der Waals surface area contributed by atoms with Crippen LogP contribution in [-0.2, 0) is 49.9 Å². The molecule has 3 atom stereocenters. The Balaban J connectivity index is 0.000000121. The van der Waals surface area contributed by atoms with E-state index in [0.29, 0.717) is 17.0 Å². The smallest absolute Gasteiger partial charge is 0.238 e. The molecule has 14 nitrogen and oxygen atoms in total. The first-order valence-electron chi connectivity index (χ1n) is 49.8. The van der Waals surface area contributed by atoms with Crippen molar-refractivity contribution in [3.8, 4) is 45.1 Å². The minimum absolute atomic E-state index is 0.000226. The van der Waals surface area contributed by atoms with Gasteiger partial charge in [0, 0.05) is 111 Å². The molecule has 0 amide bonds. The van der Waals surface area contributed by atoms with Crippen molar-refractivity contribution in [2.45, 2.75) is 256 Å². The molecule has 1 spiro atoms. The first-order valence-corrected chi connectivity index (χ1v) is 46.3. The summed E-state index contributed by atoms with van der Waals surface area (Å²) in [5.41, 5.74) is 26.0. The molecule has 668 valence electrons. The third-order valence-electron chi connectivity index (χ3n) is 30.1. The lowest BCUT2D eigenvalue weighted by Gasteiger charge is -2.46. The first kappa shape index (κ1) is 81.6. The summed E-state index contributed by atoms with van der Waals surface area (Å²) in [5.74, 6) is 0. The van der Waals surface area contributed by atoms with Gasteiger partial charge in [0.25, 0.3) is 0 Å². The molecule has 1 unspecified atom stereocenters. The molecule has 5 aliphatic rings. The van der Waals surface area contributed by atoms with Crippen molar-refractivity contribution in [1.29, 1.82) is 0 Å². The highest BCUT2D eigenvalue weighted by Gasteiger charge is 2.56. The largest absolute Gasteiger partial charge is 0.436 e. The molecule has 129 heavy (non-hydrogen) atoms. The van der Waals surface area contributed by atoms with Gasteiger partial charge in [0.1, 0.15) is 28.4 Å². The molecule has 1 aliphatic carbocycles. The molecule has 0 bridgehead atoms. The van der Waals surface area contributed by atoms with E-state index in [1.165, 1.54) is 96.3 Å². The number of aryl methyl sites for hydroxylation is 11. The Morgan fingerprint density at radius 2 is 0.860 bits per heavy atom. The highest BCUT2D eigenvalue weighted by Crippen LogP contribution is 2.59. The van der Waals surface area contributed by atoms with Gasteiger partial charge >= 0.3 is 0 Å². The second-order valence-electron chi connectivity index (χ2n) is 40.5. The average Bonchev–Trinajstić information content (AvgIpc) is 1.53. The van der Waals surface area contributed by atoms with Gasteiger partial charge < -0.3 is 18.6 Å². The van der Waals surface area contributed by atoms with Crippen LogP contribution in [0.1, 0.15) is 232 Å². The number of furan rings is 2. The van der Waals surface area contributed by atoms with Crippen LogP contribution in [-0.4, -0.2) is 51.9 Å². The number of pyridine rings is 2. The lowest BCUT2D eigenvalue weighted by atomic mass is 9.59. The molecule has 0 N–H and O–H groups in total. The molecule has 0 radical (unpaired) electrons. The van der Waals surface area contributed by atoms with Crippen LogP contribution in [0, 0.1) is 66.2 Å². The summed E-state index contributed by atoms with van der Waals surface area (Å²) in [4.78, 5) is 13.4. The van der Waals surface area contributed by atoms with Crippen molar-refractivity contribution >= 4 is 55.5 Å². The van der Waals surface area contributed by atoms with Crippen LogP contribution in [0.4, 0.5) is 11.4 Å². The third-order valence-corrected chi connectivity index (χ3v) is 30.1. The van der Waals surface area contributed by atoms with Crippen molar-refractivity contribution in [2.24, 2.45) is 39.0 Å². The SMILES string of the molecule is Cc1cccc2c1-n1c(c(-c3ccccc3)c[n+]1C)C(C)(C)C2(C)C.Cc1cccc2c1-n1c(cc[n+]1C)C(C)(C)C2(C)C.Cc1ccccc1-n1ccc(-c2ccccc2)[n+]1C.Cc1ccccc1-n1ccc[n+]1C.[2H]C([2H])([2H])C1(C)[C@H](C)N(c2c(C)ccc3c2oc2nc(C)ccc23)C(C)(C)C1([2H])[2H].[2H]C1([2H])C2(CCCCC2)[C@H](C)N(c2c(C)ccc3c2oc2nc(C)ccc23)C1(C)C. The molecule has 12 heterocycles. The van der Waals surface area contributed by atoms with Gasteiger partial charge in [-0.15, -0.1) is 37.5 Å². The minimum Gasteiger partial charge on any atom is -0.436 e. The van der Waals surface area contributed by atoms with E-state index in [1.54, 1.807) is 20.8 Å². The molecule has 1 saturated carbocycles. The molecule has 14 heteroatoms. The van der Waals surface area contributed by atoms with Crippen molar-refractivity contribution in [1.82, 2.24) is 28.7 Å². The van der Waals surface area contributed by atoms with E-state index in [0.717, 1.165) is 86.7 Å². The topological polar surface area (TPSA) is 93.8 Å². The molecule has 21 rings (SSSR count). The zero-order chi connectivity index (χ0) is 98.4. The van der Waals surface area contributed by atoms with Gasteiger partial charge in [-0.05, 0) is 232 Å². The maximum Gasteiger partial charge on any atom is 0.238 e. The monoisotopic (exact) mass is 1730 g/mol. The van der Waals surface area contributed by atoms with Gasteiger partial charge in [-0.1, -0.05) is 234 Å². The summed E-state index contributed by atoms with van der Waals surface area (Å²) in [6.45, 7) is 46.4. The number of benzene rings is 8. The van der Waals surface area contributed by atoms with Crippen LogP contribution >= 0.6 is 0 Å². The Hall–Kier alpha value is -11.9. The van der Waals surface area contributed by atoms with E-state index >= 15 is 0 Å². The van der Waals surface area contributed by atoms with Gasteiger partial charge in [-0.3, -0.25) is 0 Å². The van der Waals surface area contributed by atoms with Crippen LogP contribution in [0.2, 0.25) is 0 Å². The molecular weight excluding hydrogens is 1580 g/mol. The highest BCUT2D eigenvalue weighted by atomic mass is 16.3. The number of hydrogen-bond acceptors (Lipinski definition) is 6. The van der Waals surface area contributed by atoms with Crippen molar-refractivity contribution in [3.05, 3.63) is 311 Å². The van der Waals surface area contributed by atoms with E-state index in [1.807, 2.05) is 88.3 Å². The van der Waals surface area contributed by atoms with Crippen LogP contribution in [0.5, 0.6) is 0 Å². The highest BCUT2D eigenvalue weighted by molar-refractivity contribution is 6.10.